The average Bonchev–Trinajstić information content (AvgIpc) is 2.73. The molecule has 108 valence electrons. The second-order valence-corrected chi connectivity index (χ2v) is 6.76. The van der Waals surface area contributed by atoms with Crippen LogP contribution in [0.2, 0.25) is 0 Å². The highest BCUT2D eigenvalue weighted by molar-refractivity contribution is 7.91. The number of rotatable bonds is 7. The molecule has 1 aromatic heterocycles. The zero-order chi connectivity index (χ0) is 14.6. The molecule has 0 aliphatic rings. The molecule has 0 bridgehead atoms. The van der Waals surface area contributed by atoms with E-state index in [-0.39, 0.29) is 21.5 Å². The summed E-state index contributed by atoms with van der Waals surface area (Å²) < 4.78 is 31.1. The largest absolute Gasteiger partial charge is 0.383 e. The van der Waals surface area contributed by atoms with Crippen molar-refractivity contribution in [2.45, 2.75) is 17.2 Å². The van der Waals surface area contributed by atoms with Gasteiger partial charge < -0.3 is 10.1 Å². The lowest BCUT2D eigenvalue weighted by Crippen LogP contribution is -2.35. The first-order valence-corrected chi connectivity index (χ1v) is 7.59. The summed E-state index contributed by atoms with van der Waals surface area (Å²) in [6.07, 6.45) is 0. The molecule has 10 heteroatoms. The second kappa shape index (κ2) is 6.28. The number of hydrogen-bond donors (Lipinski definition) is 2. The van der Waals surface area contributed by atoms with Gasteiger partial charge in [0.2, 0.25) is 0 Å². The molecule has 1 rings (SSSR count). The van der Waals surface area contributed by atoms with Crippen LogP contribution in [0.15, 0.2) is 10.3 Å². The molecule has 0 saturated heterocycles. The van der Waals surface area contributed by atoms with Crippen molar-refractivity contribution in [2.24, 2.45) is 0 Å². The van der Waals surface area contributed by atoms with Crippen molar-refractivity contribution in [1.29, 1.82) is 0 Å². The summed E-state index contributed by atoms with van der Waals surface area (Å²) in [5.41, 5.74) is -0.257. The lowest BCUT2D eigenvalue weighted by molar-refractivity contribution is -0.383. The van der Waals surface area contributed by atoms with Crippen molar-refractivity contribution in [3.05, 3.63) is 16.2 Å². The average molecular weight is 309 g/mol. The van der Waals surface area contributed by atoms with Gasteiger partial charge in [-0.05, 0) is 6.92 Å². The molecule has 0 aromatic carbocycles. The molecular weight excluding hydrogens is 294 g/mol. The number of thiophene rings is 1. The van der Waals surface area contributed by atoms with Crippen LogP contribution in [0.25, 0.3) is 0 Å². The minimum atomic E-state index is -3.78. The van der Waals surface area contributed by atoms with E-state index in [0.717, 1.165) is 17.4 Å². The number of methoxy groups -OCH3 is 1. The number of nitro groups is 1. The molecule has 1 atom stereocenters. The highest BCUT2D eigenvalue weighted by atomic mass is 32.2. The van der Waals surface area contributed by atoms with Crippen LogP contribution in [-0.2, 0) is 14.8 Å². The number of nitrogens with zero attached hydrogens (tertiary/aromatic N) is 1. The van der Waals surface area contributed by atoms with Gasteiger partial charge in [-0.15, -0.1) is 0 Å². The normalized spacial score (nSPS) is 13.2. The van der Waals surface area contributed by atoms with Gasteiger partial charge in [0.15, 0.2) is 5.00 Å². The van der Waals surface area contributed by atoms with Crippen molar-refractivity contribution >= 4 is 32.0 Å². The molecule has 8 nitrogen and oxygen atoms in total. The molecular formula is C9H15N3O5S2. The predicted molar refractivity (Wildman–Crippen MR) is 72.2 cm³/mol. The molecule has 0 spiro atoms. The smallest absolute Gasteiger partial charge is 0.304 e. The van der Waals surface area contributed by atoms with E-state index >= 15 is 0 Å². The van der Waals surface area contributed by atoms with Crippen molar-refractivity contribution in [2.75, 3.05) is 26.1 Å². The molecule has 19 heavy (non-hydrogen) atoms. The molecule has 1 heterocycles. The van der Waals surface area contributed by atoms with Crippen LogP contribution >= 0.6 is 11.3 Å². The molecule has 0 radical (unpaired) electrons. The molecule has 0 aliphatic carbocycles. The topological polar surface area (TPSA) is 111 Å². The van der Waals surface area contributed by atoms with Crippen LogP contribution in [0, 0.1) is 10.1 Å². The fourth-order valence-electron chi connectivity index (χ4n) is 1.41. The maximum Gasteiger partial charge on any atom is 0.304 e. The van der Waals surface area contributed by atoms with Crippen LogP contribution in [0.3, 0.4) is 0 Å². The van der Waals surface area contributed by atoms with Gasteiger partial charge in [0.25, 0.3) is 10.0 Å². The third-order valence-electron chi connectivity index (χ3n) is 2.15. The maximum absolute atomic E-state index is 12.0. The number of nitrogens with one attached hydrogen (secondary N) is 2. The lowest BCUT2D eigenvalue weighted by Gasteiger charge is -2.11. The van der Waals surface area contributed by atoms with E-state index in [0.29, 0.717) is 0 Å². The van der Waals surface area contributed by atoms with Crippen molar-refractivity contribution < 1.29 is 18.1 Å². The minimum Gasteiger partial charge on any atom is -0.383 e. The second-order valence-electron chi connectivity index (χ2n) is 3.76. The summed E-state index contributed by atoms with van der Waals surface area (Å²) in [5.74, 6) is 0. The third kappa shape index (κ3) is 3.86. The highest BCUT2D eigenvalue weighted by Crippen LogP contribution is 2.36. The SMILES string of the molecule is CNc1sc(S(=O)(=O)NC(C)COC)cc1[N+](=O)[O-]. The Morgan fingerprint density at radius 1 is 1.58 bits per heavy atom. The van der Waals surface area contributed by atoms with Gasteiger partial charge in [-0.25, -0.2) is 13.1 Å². The van der Waals surface area contributed by atoms with Gasteiger partial charge in [0.05, 0.1) is 11.5 Å². The third-order valence-corrected chi connectivity index (χ3v) is 5.36. The molecule has 2 N–H and O–H groups in total. The van der Waals surface area contributed by atoms with E-state index in [1.165, 1.54) is 14.2 Å². The quantitative estimate of drug-likeness (QED) is 0.574. The Labute approximate surface area is 115 Å². The van der Waals surface area contributed by atoms with Gasteiger partial charge in [-0.3, -0.25) is 10.1 Å². The fourth-order valence-corrected chi connectivity index (χ4v) is 3.94. The first kappa shape index (κ1) is 15.8. The van der Waals surface area contributed by atoms with Crippen LogP contribution in [0.5, 0.6) is 0 Å². The van der Waals surface area contributed by atoms with E-state index in [1.54, 1.807) is 6.92 Å². The van der Waals surface area contributed by atoms with Crippen LogP contribution < -0.4 is 10.0 Å². The first-order chi connectivity index (χ1) is 8.81. The Balaban J connectivity index is 3.05. The van der Waals surface area contributed by atoms with Crippen LogP contribution in [0.1, 0.15) is 6.92 Å². The summed E-state index contributed by atoms with van der Waals surface area (Å²) in [7, 11) is -0.828. The van der Waals surface area contributed by atoms with E-state index < -0.39 is 21.0 Å². The zero-order valence-corrected chi connectivity index (χ0v) is 12.3. The van der Waals surface area contributed by atoms with Crippen molar-refractivity contribution in [1.82, 2.24) is 4.72 Å². The minimum absolute atomic E-state index is 0.105. The Morgan fingerprint density at radius 2 is 2.21 bits per heavy atom. The van der Waals surface area contributed by atoms with Gasteiger partial charge >= 0.3 is 5.69 Å². The van der Waals surface area contributed by atoms with Crippen molar-refractivity contribution in [3.8, 4) is 0 Å². The number of hydrogen-bond acceptors (Lipinski definition) is 7. The fraction of sp³-hybridized carbons (Fsp3) is 0.556. The molecule has 1 unspecified atom stereocenters. The predicted octanol–water partition coefficient (Wildman–Crippen LogP) is 1.01. The van der Waals surface area contributed by atoms with Crippen LogP contribution in [-0.4, -0.2) is 40.1 Å². The molecule has 0 saturated carbocycles. The summed E-state index contributed by atoms with van der Waals surface area (Å²) in [4.78, 5) is 10.2. The molecule has 0 fully saturated rings. The van der Waals surface area contributed by atoms with Gasteiger partial charge in [-0.1, -0.05) is 11.3 Å². The molecule has 0 amide bonds. The number of anilines is 1. The standard InChI is InChI=1S/C9H15N3O5S2/c1-6(5-17-3)11-19(15,16)8-4-7(12(13)14)9(10-2)18-8/h4,6,10-11H,5H2,1-3H3. The van der Waals surface area contributed by atoms with Crippen LogP contribution in [0.4, 0.5) is 10.7 Å². The summed E-state index contributed by atoms with van der Waals surface area (Å²) in [6.45, 7) is 1.85. The molecule has 0 aliphatic heterocycles. The summed E-state index contributed by atoms with van der Waals surface area (Å²) >= 11 is 0.811. The maximum atomic E-state index is 12.0. The Bertz CT molecular complexity index is 554. The van der Waals surface area contributed by atoms with E-state index in [1.807, 2.05) is 0 Å². The zero-order valence-electron chi connectivity index (χ0n) is 10.7. The number of sulfonamides is 1. The molecule has 1 aromatic rings. The van der Waals surface area contributed by atoms with E-state index in [2.05, 4.69) is 10.0 Å². The van der Waals surface area contributed by atoms with Gasteiger partial charge in [-0.2, -0.15) is 0 Å². The Morgan fingerprint density at radius 3 is 2.63 bits per heavy atom. The summed E-state index contributed by atoms with van der Waals surface area (Å²) in [5, 5.41) is 13.6. The first-order valence-electron chi connectivity index (χ1n) is 5.29. The Hall–Kier alpha value is -1.23. The van der Waals surface area contributed by atoms with Gasteiger partial charge in [0, 0.05) is 26.3 Å². The van der Waals surface area contributed by atoms with Gasteiger partial charge in [0.1, 0.15) is 4.21 Å². The van der Waals surface area contributed by atoms with E-state index in [4.69, 9.17) is 4.74 Å². The lowest BCUT2D eigenvalue weighted by atomic mass is 10.4. The summed E-state index contributed by atoms with van der Waals surface area (Å²) in [6, 6.07) is 0.618. The number of ether oxygens (including phenoxy) is 1. The monoisotopic (exact) mass is 309 g/mol. The highest BCUT2D eigenvalue weighted by Gasteiger charge is 2.26. The van der Waals surface area contributed by atoms with Crippen molar-refractivity contribution in [3.63, 3.8) is 0 Å². The Kier molecular flexibility index (Phi) is 5.23. The van der Waals surface area contributed by atoms with E-state index in [9.17, 15) is 18.5 Å².